The van der Waals surface area contributed by atoms with Crippen LogP contribution in [0.4, 0.5) is 11.4 Å². The van der Waals surface area contributed by atoms with E-state index in [2.05, 4.69) is 10.1 Å². The summed E-state index contributed by atoms with van der Waals surface area (Å²) in [5.74, 6) is 0.760. The van der Waals surface area contributed by atoms with Gasteiger partial charge < -0.3 is 16.0 Å². The van der Waals surface area contributed by atoms with E-state index in [4.69, 9.17) is 16.0 Å². The van der Waals surface area contributed by atoms with Crippen LogP contribution in [0.25, 0.3) is 22.3 Å². The summed E-state index contributed by atoms with van der Waals surface area (Å²) < 4.78 is 5.25. The number of rotatable bonds is 2. The number of hydrogen-bond acceptors (Lipinski definition) is 5. The van der Waals surface area contributed by atoms with Gasteiger partial charge in [0.05, 0.1) is 17.1 Å². The predicted molar refractivity (Wildman–Crippen MR) is 88.2 cm³/mol. The first kappa shape index (κ1) is 14.1. The van der Waals surface area contributed by atoms with Crippen LogP contribution in [-0.4, -0.2) is 10.1 Å². The molecule has 112 valence electrons. The second-order valence-electron chi connectivity index (χ2n) is 5.42. The van der Waals surface area contributed by atoms with Gasteiger partial charge in [0.25, 0.3) is 0 Å². The van der Waals surface area contributed by atoms with Crippen LogP contribution in [-0.2, 0) is 0 Å². The van der Waals surface area contributed by atoms with Crippen LogP contribution in [0, 0.1) is 20.8 Å². The molecule has 0 spiro atoms. The first-order valence-electron chi connectivity index (χ1n) is 7.02. The Morgan fingerprint density at radius 1 is 1.05 bits per heavy atom. The Morgan fingerprint density at radius 2 is 1.82 bits per heavy atom. The highest BCUT2D eigenvalue weighted by Gasteiger charge is 2.16. The van der Waals surface area contributed by atoms with Crippen LogP contribution in [0.15, 0.2) is 35.1 Å². The molecule has 2 heterocycles. The molecule has 5 heteroatoms. The molecular formula is C17H18N4O. The number of nitrogens with two attached hydrogens (primary N) is 2. The van der Waals surface area contributed by atoms with Gasteiger partial charge in [-0.1, -0.05) is 5.16 Å². The largest absolute Gasteiger partial charge is 0.397 e. The minimum Gasteiger partial charge on any atom is -0.397 e. The third-order valence-corrected chi connectivity index (χ3v) is 3.86. The molecule has 0 aliphatic carbocycles. The summed E-state index contributed by atoms with van der Waals surface area (Å²) in [7, 11) is 0. The highest BCUT2D eigenvalue weighted by atomic mass is 16.5. The lowest BCUT2D eigenvalue weighted by atomic mass is 9.94. The van der Waals surface area contributed by atoms with Crippen molar-refractivity contribution in [1.82, 2.24) is 10.1 Å². The molecule has 0 amide bonds. The maximum Gasteiger partial charge on any atom is 0.141 e. The number of nitrogens with zero attached hydrogens (tertiary/aromatic N) is 2. The van der Waals surface area contributed by atoms with E-state index < -0.39 is 0 Å². The Labute approximate surface area is 129 Å². The molecule has 0 aliphatic rings. The Hall–Kier alpha value is -2.82. The number of pyridine rings is 1. The van der Waals surface area contributed by atoms with Gasteiger partial charge in [-0.25, -0.2) is 0 Å². The summed E-state index contributed by atoms with van der Waals surface area (Å²) in [5.41, 5.74) is 19.1. The molecule has 0 atom stereocenters. The zero-order valence-electron chi connectivity index (χ0n) is 12.8. The van der Waals surface area contributed by atoms with Crippen molar-refractivity contribution < 1.29 is 4.52 Å². The summed E-state index contributed by atoms with van der Waals surface area (Å²) in [6.45, 7) is 5.82. The Kier molecular flexibility index (Phi) is 3.33. The fourth-order valence-electron chi connectivity index (χ4n) is 2.68. The fourth-order valence-corrected chi connectivity index (χ4v) is 2.68. The minimum atomic E-state index is 0.538. The second kappa shape index (κ2) is 5.18. The van der Waals surface area contributed by atoms with E-state index in [-0.39, 0.29) is 0 Å². The van der Waals surface area contributed by atoms with Gasteiger partial charge in [-0.2, -0.15) is 0 Å². The van der Waals surface area contributed by atoms with Gasteiger partial charge in [-0.05, 0) is 50.1 Å². The molecule has 3 aromatic rings. The monoisotopic (exact) mass is 294 g/mol. The standard InChI is InChI=1S/C17H18N4O/c1-9-4-5-20-8-14(9)13-6-12(7-15(18)17(13)19)16-10(2)21-22-11(16)3/h4-8H,18-19H2,1-3H3. The topological polar surface area (TPSA) is 91.0 Å². The predicted octanol–water partition coefficient (Wildman–Crippen LogP) is 3.49. The Morgan fingerprint density at radius 3 is 2.45 bits per heavy atom. The van der Waals surface area contributed by atoms with Gasteiger partial charge in [0, 0.05) is 29.1 Å². The third kappa shape index (κ3) is 2.20. The molecule has 1 aromatic carbocycles. The van der Waals surface area contributed by atoms with Crippen LogP contribution in [0.3, 0.4) is 0 Å². The van der Waals surface area contributed by atoms with Crippen LogP contribution in [0.1, 0.15) is 17.0 Å². The maximum absolute atomic E-state index is 6.19. The van der Waals surface area contributed by atoms with E-state index in [1.807, 2.05) is 39.0 Å². The van der Waals surface area contributed by atoms with Crippen molar-refractivity contribution in [2.75, 3.05) is 11.5 Å². The van der Waals surface area contributed by atoms with Gasteiger partial charge in [0.15, 0.2) is 0 Å². The third-order valence-electron chi connectivity index (χ3n) is 3.86. The molecule has 5 nitrogen and oxygen atoms in total. The zero-order chi connectivity index (χ0) is 15.9. The molecule has 3 rings (SSSR count). The van der Waals surface area contributed by atoms with Crippen LogP contribution in [0.5, 0.6) is 0 Å². The Balaban J connectivity index is 2.27. The average Bonchev–Trinajstić information content (AvgIpc) is 2.82. The molecule has 4 N–H and O–H groups in total. The van der Waals surface area contributed by atoms with Crippen molar-refractivity contribution in [3.05, 3.63) is 47.6 Å². The van der Waals surface area contributed by atoms with Crippen LogP contribution < -0.4 is 11.5 Å². The lowest BCUT2D eigenvalue weighted by Gasteiger charge is -2.13. The van der Waals surface area contributed by atoms with Crippen molar-refractivity contribution in [2.24, 2.45) is 0 Å². The van der Waals surface area contributed by atoms with Crippen molar-refractivity contribution in [3.63, 3.8) is 0 Å². The van der Waals surface area contributed by atoms with Gasteiger partial charge >= 0.3 is 0 Å². The quantitative estimate of drug-likeness (QED) is 0.706. The van der Waals surface area contributed by atoms with E-state index in [9.17, 15) is 0 Å². The number of benzene rings is 1. The average molecular weight is 294 g/mol. The minimum absolute atomic E-state index is 0.538. The summed E-state index contributed by atoms with van der Waals surface area (Å²) >= 11 is 0. The van der Waals surface area contributed by atoms with Crippen molar-refractivity contribution in [1.29, 1.82) is 0 Å². The maximum atomic E-state index is 6.19. The fraction of sp³-hybridized carbons (Fsp3) is 0.176. The molecule has 0 fully saturated rings. The number of aromatic nitrogens is 2. The molecule has 2 aromatic heterocycles. The molecule has 0 radical (unpaired) electrons. The molecule has 0 bridgehead atoms. The van der Waals surface area contributed by atoms with Crippen molar-refractivity contribution >= 4 is 11.4 Å². The lowest BCUT2D eigenvalue weighted by molar-refractivity contribution is 0.393. The van der Waals surface area contributed by atoms with Gasteiger partial charge in [0.1, 0.15) is 5.76 Å². The number of anilines is 2. The van der Waals surface area contributed by atoms with E-state index >= 15 is 0 Å². The van der Waals surface area contributed by atoms with E-state index in [0.717, 1.165) is 39.3 Å². The Bertz CT molecular complexity index is 832. The smallest absolute Gasteiger partial charge is 0.141 e. The highest BCUT2D eigenvalue weighted by molar-refractivity contribution is 5.90. The van der Waals surface area contributed by atoms with Gasteiger partial charge in [0.2, 0.25) is 0 Å². The molecule has 0 saturated carbocycles. The number of aryl methyl sites for hydroxylation is 3. The van der Waals surface area contributed by atoms with Gasteiger partial charge in [-0.15, -0.1) is 0 Å². The molecule has 0 aliphatic heterocycles. The molecular weight excluding hydrogens is 276 g/mol. The van der Waals surface area contributed by atoms with Gasteiger partial charge in [-0.3, -0.25) is 4.98 Å². The first-order valence-corrected chi connectivity index (χ1v) is 7.02. The number of hydrogen-bond donors (Lipinski definition) is 2. The molecule has 0 saturated heterocycles. The molecule has 22 heavy (non-hydrogen) atoms. The SMILES string of the molecule is Cc1ccncc1-c1cc(-c2c(C)noc2C)cc(N)c1N. The van der Waals surface area contributed by atoms with Crippen molar-refractivity contribution in [3.8, 4) is 22.3 Å². The van der Waals surface area contributed by atoms with Crippen LogP contribution in [0.2, 0.25) is 0 Å². The van der Waals surface area contributed by atoms with Crippen molar-refractivity contribution in [2.45, 2.75) is 20.8 Å². The first-order chi connectivity index (χ1) is 10.5. The highest BCUT2D eigenvalue weighted by Crippen LogP contribution is 2.38. The second-order valence-corrected chi connectivity index (χ2v) is 5.42. The van der Waals surface area contributed by atoms with E-state index in [0.29, 0.717) is 11.4 Å². The summed E-state index contributed by atoms with van der Waals surface area (Å²) in [5, 5.41) is 4.01. The summed E-state index contributed by atoms with van der Waals surface area (Å²) in [6, 6.07) is 5.83. The zero-order valence-corrected chi connectivity index (χ0v) is 12.8. The summed E-state index contributed by atoms with van der Waals surface area (Å²) in [4.78, 5) is 4.19. The lowest BCUT2D eigenvalue weighted by Crippen LogP contribution is -2.00. The normalized spacial score (nSPS) is 10.9. The van der Waals surface area contributed by atoms with Crippen LogP contribution >= 0.6 is 0 Å². The molecule has 0 unspecified atom stereocenters. The number of nitrogen functional groups attached to an aromatic ring is 2. The summed E-state index contributed by atoms with van der Waals surface area (Å²) in [6.07, 6.45) is 3.56. The van der Waals surface area contributed by atoms with E-state index in [1.165, 1.54) is 0 Å². The van der Waals surface area contributed by atoms with E-state index in [1.54, 1.807) is 12.4 Å².